The molecule has 0 aliphatic carbocycles. The van der Waals surface area contributed by atoms with E-state index in [2.05, 4.69) is 29.6 Å². The van der Waals surface area contributed by atoms with Crippen LogP contribution in [0.3, 0.4) is 0 Å². The van der Waals surface area contributed by atoms with Gasteiger partial charge in [-0.2, -0.15) is 9.61 Å². The Kier molecular flexibility index (Phi) is 4.69. The van der Waals surface area contributed by atoms with Crippen molar-refractivity contribution >= 4 is 28.8 Å². The normalized spacial score (nSPS) is 11.0. The van der Waals surface area contributed by atoms with Gasteiger partial charge < -0.3 is 5.32 Å². The SMILES string of the molecule is Cc1nn2c(Nc3ccc(Cl)cc3)cc(-c3ccccc3)nc2c1-c1ccccc1. The predicted molar refractivity (Wildman–Crippen MR) is 123 cm³/mol. The molecule has 4 nitrogen and oxygen atoms in total. The van der Waals surface area contributed by atoms with Crippen LogP contribution in [0.4, 0.5) is 11.5 Å². The molecule has 146 valence electrons. The van der Waals surface area contributed by atoms with Gasteiger partial charge >= 0.3 is 0 Å². The molecule has 0 spiro atoms. The average Bonchev–Trinajstić information content (AvgIpc) is 3.12. The first-order chi connectivity index (χ1) is 14.7. The zero-order chi connectivity index (χ0) is 20.5. The molecule has 0 aliphatic heterocycles. The van der Waals surface area contributed by atoms with E-state index in [1.807, 2.05) is 78.2 Å². The summed E-state index contributed by atoms with van der Waals surface area (Å²) in [4.78, 5) is 5.00. The van der Waals surface area contributed by atoms with Crippen molar-refractivity contribution in [3.8, 4) is 22.4 Å². The third-order valence-electron chi connectivity index (χ3n) is 5.01. The van der Waals surface area contributed by atoms with Crippen LogP contribution in [0.5, 0.6) is 0 Å². The summed E-state index contributed by atoms with van der Waals surface area (Å²) in [6.07, 6.45) is 0. The van der Waals surface area contributed by atoms with Gasteiger partial charge in [0.2, 0.25) is 0 Å². The van der Waals surface area contributed by atoms with Crippen molar-refractivity contribution in [2.24, 2.45) is 0 Å². The van der Waals surface area contributed by atoms with E-state index in [1.165, 1.54) is 0 Å². The molecule has 2 aromatic heterocycles. The van der Waals surface area contributed by atoms with E-state index < -0.39 is 0 Å². The lowest BCUT2D eigenvalue weighted by Crippen LogP contribution is -2.02. The molecule has 5 rings (SSSR count). The van der Waals surface area contributed by atoms with E-state index in [9.17, 15) is 0 Å². The third kappa shape index (κ3) is 3.42. The van der Waals surface area contributed by atoms with Crippen molar-refractivity contribution in [3.63, 3.8) is 0 Å². The summed E-state index contributed by atoms with van der Waals surface area (Å²) < 4.78 is 1.87. The zero-order valence-electron chi connectivity index (χ0n) is 16.4. The maximum Gasteiger partial charge on any atom is 0.166 e. The first-order valence-electron chi connectivity index (χ1n) is 9.73. The first kappa shape index (κ1) is 18.4. The molecular weight excluding hydrogens is 392 g/mol. The van der Waals surface area contributed by atoms with Crippen LogP contribution in [0.2, 0.25) is 5.02 Å². The number of halogens is 1. The molecule has 0 saturated heterocycles. The van der Waals surface area contributed by atoms with E-state index in [-0.39, 0.29) is 0 Å². The second-order valence-electron chi connectivity index (χ2n) is 7.09. The van der Waals surface area contributed by atoms with Gasteiger partial charge in [0.05, 0.1) is 11.4 Å². The molecule has 0 saturated carbocycles. The molecule has 3 aromatic carbocycles. The zero-order valence-corrected chi connectivity index (χ0v) is 17.1. The van der Waals surface area contributed by atoms with Crippen LogP contribution >= 0.6 is 11.6 Å². The van der Waals surface area contributed by atoms with Crippen LogP contribution in [0, 0.1) is 6.92 Å². The van der Waals surface area contributed by atoms with Crippen LogP contribution < -0.4 is 5.32 Å². The fraction of sp³-hybridized carbons (Fsp3) is 0.0400. The Labute approximate surface area is 179 Å². The lowest BCUT2D eigenvalue weighted by Gasteiger charge is -2.11. The minimum atomic E-state index is 0.701. The maximum atomic E-state index is 6.05. The smallest absolute Gasteiger partial charge is 0.166 e. The summed E-state index contributed by atoms with van der Waals surface area (Å²) in [6, 6.07) is 30.1. The van der Waals surface area contributed by atoms with Gasteiger partial charge in [-0.3, -0.25) is 0 Å². The maximum absolute atomic E-state index is 6.05. The summed E-state index contributed by atoms with van der Waals surface area (Å²) in [6.45, 7) is 2.02. The molecule has 0 unspecified atom stereocenters. The number of nitrogens with zero attached hydrogens (tertiary/aromatic N) is 3. The van der Waals surface area contributed by atoms with Crippen LogP contribution in [-0.4, -0.2) is 14.6 Å². The van der Waals surface area contributed by atoms with Crippen molar-refractivity contribution in [1.29, 1.82) is 0 Å². The molecule has 1 N–H and O–H groups in total. The van der Waals surface area contributed by atoms with Gasteiger partial charge in [-0.15, -0.1) is 0 Å². The Balaban J connectivity index is 1.74. The fourth-order valence-corrected chi connectivity index (χ4v) is 3.72. The van der Waals surface area contributed by atoms with E-state index in [0.29, 0.717) is 5.02 Å². The minimum Gasteiger partial charge on any atom is -0.340 e. The molecule has 30 heavy (non-hydrogen) atoms. The largest absolute Gasteiger partial charge is 0.340 e. The number of aryl methyl sites for hydroxylation is 1. The standard InChI is InChI=1S/C25H19ClN4/c1-17-24(19-10-6-3-7-11-19)25-28-22(18-8-4-2-5-9-18)16-23(30(25)29-17)27-21-14-12-20(26)13-15-21/h2-16,27H,1H3. The molecule has 5 aromatic rings. The van der Waals surface area contributed by atoms with Gasteiger partial charge in [0.15, 0.2) is 5.65 Å². The van der Waals surface area contributed by atoms with E-state index in [4.69, 9.17) is 21.7 Å². The van der Waals surface area contributed by atoms with E-state index >= 15 is 0 Å². The Hall–Kier alpha value is -3.63. The number of rotatable bonds is 4. The van der Waals surface area contributed by atoms with Crippen molar-refractivity contribution in [2.75, 3.05) is 5.32 Å². The number of nitrogens with one attached hydrogen (secondary N) is 1. The summed E-state index contributed by atoms with van der Waals surface area (Å²) in [5, 5.41) is 8.98. The van der Waals surface area contributed by atoms with Gasteiger partial charge in [0.25, 0.3) is 0 Å². The summed E-state index contributed by atoms with van der Waals surface area (Å²) >= 11 is 6.05. The van der Waals surface area contributed by atoms with E-state index in [1.54, 1.807) is 0 Å². The average molecular weight is 411 g/mol. The van der Waals surface area contributed by atoms with Crippen molar-refractivity contribution in [2.45, 2.75) is 6.92 Å². The Morgan fingerprint density at radius 2 is 1.43 bits per heavy atom. The molecular formula is C25H19ClN4. The minimum absolute atomic E-state index is 0.701. The number of benzene rings is 3. The van der Waals surface area contributed by atoms with Crippen LogP contribution in [0.25, 0.3) is 28.0 Å². The molecule has 0 atom stereocenters. The topological polar surface area (TPSA) is 42.2 Å². The fourth-order valence-electron chi connectivity index (χ4n) is 3.59. The molecule has 2 heterocycles. The quantitative estimate of drug-likeness (QED) is 0.355. The van der Waals surface area contributed by atoms with Crippen molar-refractivity contribution < 1.29 is 0 Å². The highest BCUT2D eigenvalue weighted by atomic mass is 35.5. The molecule has 0 fully saturated rings. The lowest BCUT2D eigenvalue weighted by molar-refractivity contribution is 0.926. The third-order valence-corrected chi connectivity index (χ3v) is 5.26. The van der Waals surface area contributed by atoms with Crippen LogP contribution in [0.1, 0.15) is 5.69 Å². The molecule has 0 radical (unpaired) electrons. The Bertz CT molecular complexity index is 1310. The summed E-state index contributed by atoms with van der Waals surface area (Å²) in [5.74, 6) is 0.839. The van der Waals surface area contributed by atoms with Gasteiger partial charge in [-0.05, 0) is 36.8 Å². The monoisotopic (exact) mass is 410 g/mol. The Morgan fingerprint density at radius 3 is 2.10 bits per heavy atom. The first-order valence-corrected chi connectivity index (χ1v) is 10.1. The number of anilines is 2. The highest BCUT2D eigenvalue weighted by Crippen LogP contribution is 2.32. The second-order valence-corrected chi connectivity index (χ2v) is 7.52. The molecule has 0 amide bonds. The lowest BCUT2D eigenvalue weighted by atomic mass is 10.1. The number of hydrogen-bond acceptors (Lipinski definition) is 3. The van der Waals surface area contributed by atoms with Gasteiger partial charge in [-0.1, -0.05) is 72.3 Å². The highest BCUT2D eigenvalue weighted by Gasteiger charge is 2.17. The van der Waals surface area contributed by atoms with Crippen molar-refractivity contribution in [1.82, 2.24) is 14.6 Å². The highest BCUT2D eigenvalue weighted by molar-refractivity contribution is 6.30. The Morgan fingerprint density at radius 1 is 0.800 bits per heavy atom. The van der Waals surface area contributed by atoms with Gasteiger partial charge in [0.1, 0.15) is 5.82 Å². The van der Waals surface area contributed by atoms with Crippen LogP contribution in [-0.2, 0) is 0 Å². The second kappa shape index (κ2) is 7.65. The van der Waals surface area contributed by atoms with Crippen molar-refractivity contribution in [3.05, 3.63) is 102 Å². The molecule has 0 bridgehead atoms. The number of aromatic nitrogens is 3. The summed E-state index contributed by atoms with van der Waals surface area (Å²) in [5.41, 5.74) is 6.75. The molecule has 0 aliphatic rings. The predicted octanol–water partition coefficient (Wildman–Crippen LogP) is 6.77. The number of fused-ring (bicyclic) bond motifs is 1. The van der Waals surface area contributed by atoms with Gasteiger partial charge in [0, 0.05) is 27.9 Å². The molecule has 5 heteroatoms. The van der Waals surface area contributed by atoms with E-state index in [0.717, 1.165) is 45.2 Å². The number of hydrogen-bond donors (Lipinski definition) is 1. The van der Waals surface area contributed by atoms with Gasteiger partial charge in [-0.25, -0.2) is 4.98 Å². The summed E-state index contributed by atoms with van der Waals surface area (Å²) in [7, 11) is 0. The van der Waals surface area contributed by atoms with Crippen LogP contribution in [0.15, 0.2) is 91.0 Å².